The maximum atomic E-state index is 9.87. The van der Waals surface area contributed by atoms with Gasteiger partial charge in [-0.2, -0.15) is 9.13 Å². The molecule has 0 spiro atoms. The average molecular weight is 544 g/mol. The van der Waals surface area contributed by atoms with Gasteiger partial charge in [-0.1, -0.05) is 0 Å². The number of hydrogen-bond donors (Lipinski definition) is 0. The number of nitrogens with zero attached hydrogens (tertiary/aromatic N) is 4. The fourth-order valence-corrected chi connectivity index (χ4v) is 4.08. The predicted molar refractivity (Wildman–Crippen MR) is 90.3 cm³/mol. The Balaban J connectivity index is 0.000000271. The molecular weight excluding hydrogens is 530 g/mol. The second-order valence-corrected chi connectivity index (χ2v) is 11.9. The number of halogens is 12. The summed E-state index contributed by atoms with van der Waals surface area (Å²) < 4.78 is 127. The normalized spacial score (nSPS) is 18.9. The van der Waals surface area contributed by atoms with E-state index in [1.807, 2.05) is 23.5 Å². The minimum absolute atomic E-state index is 0.895. The van der Waals surface area contributed by atoms with E-state index in [1.54, 1.807) is 0 Å². The van der Waals surface area contributed by atoms with Crippen LogP contribution in [0.2, 0.25) is 0 Å². The van der Waals surface area contributed by atoms with Crippen LogP contribution in [0.4, 0.5) is 50.4 Å². The van der Waals surface area contributed by atoms with Gasteiger partial charge in [0.05, 0.1) is 19.2 Å². The molecule has 0 aliphatic carbocycles. The molecule has 30 heavy (non-hydrogen) atoms. The zero-order valence-corrected chi connectivity index (χ0v) is 18.2. The molecule has 2 aromatic heterocycles. The summed E-state index contributed by atoms with van der Waals surface area (Å²) in [7, 11) is -17.1. The molecular formula is C10H14F12N4P2S2. The second kappa shape index (κ2) is 6.82. The molecule has 0 atom stereocenters. The van der Waals surface area contributed by atoms with E-state index in [-0.39, 0.29) is 0 Å². The molecule has 0 radical (unpaired) electrons. The molecule has 0 fully saturated rings. The van der Waals surface area contributed by atoms with Gasteiger partial charge < -0.3 is 0 Å². The quantitative estimate of drug-likeness (QED) is 0.196. The summed E-state index contributed by atoms with van der Waals surface area (Å²) in [6.07, 6.45) is 8.51. The van der Waals surface area contributed by atoms with E-state index in [9.17, 15) is 50.4 Å². The van der Waals surface area contributed by atoms with Crippen LogP contribution in [0.15, 0.2) is 35.1 Å². The molecule has 20 heteroatoms. The molecule has 0 saturated heterocycles. The molecule has 0 bridgehead atoms. The van der Waals surface area contributed by atoms with Crippen molar-refractivity contribution in [3.8, 4) is 0 Å². The monoisotopic (exact) mass is 544 g/mol. The van der Waals surface area contributed by atoms with Crippen LogP contribution in [-0.2, 0) is 20.8 Å². The van der Waals surface area contributed by atoms with Gasteiger partial charge in [0.15, 0.2) is 0 Å². The third-order valence-electron chi connectivity index (χ3n) is 2.72. The van der Waals surface area contributed by atoms with Crippen molar-refractivity contribution in [2.75, 3.05) is 5.08 Å². The number of aromatic nitrogens is 4. The van der Waals surface area contributed by atoms with Gasteiger partial charge in [-0.25, -0.2) is 9.13 Å². The number of thioether (sulfide) groups is 2. The molecule has 4 nitrogen and oxygen atoms in total. The van der Waals surface area contributed by atoms with Crippen LogP contribution in [0, 0.1) is 0 Å². The van der Waals surface area contributed by atoms with Crippen LogP contribution >= 0.6 is 39.1 Å². The fourth-order valence-electron chi connectivity index (χ4n) is 1.90. The topological polar surface area (TPSA) is 17.6 Å². The van der Waals surface area contributed by atoms with E-state index >= 15 is 0 Å². The molecule has 1 aliphatic heterocycles. The summed E-state index contributed by atoms with van der Waals surface area (Å²) >= 11 is 3.79. The molecule has 0 unspecified atom stereocenters. The van der Waals surface area contributed by atoms with Crippen molar-refractivity contribution in [3.05, 3.63) is 24.8 Å². The van der Waals surface area contributed by atoms with Crippen LogP contribution in [0.1, 0.15) is 0 Å². The molecule has 2 aromatic rings. The van der Waals surface area contributed by atoms with E-state index in [4.69, 9.17) is 0 Å². The van der Waals surface area contributed by atoms with Gasteiger partial charge in [-0.15, -0.1) is 0 Å². The summed E-state index contributed by atoms with van der Waals surface area (Å²) in [5.74, 6) is 0. The van der Waals surface area contributed by atoms with Crippen molar-refractivity contribution >= 4 is 39.1 Å². The van der Waals surface area contributed by atoms with E-state index in [1.165, 1.54) is 10.3 Å². The fraction of sp³-hybridized carbons (Fsp3) is 0.400. The van der Waals surface area contributed by atoms with Crippen molar-refractivity contribution in [2.24, 2.45) is 14.1 Å². The van der Waals surface area contributed by atoms with Gasteiger partial charge in [-0.3, -0.25) is 0 Å². The predicted octanol–water partition coefficient (Wildman–Crippen LogP) is 7.36. The van der Waals surface area contributed by atoms with Crippen molar-refractivity contribution in [2.45, 2.75) is 17.0 Å². The van der Waals surface area contributed by atoms with Crippen LogP contribution in [0.5, 0.6) is 0 Å². The third kappa shape index (κ3) is 15.0. The van der Waals surface area contributed by atoms with Crippen LogP contribution in [0.25, 0.3) is 0 Å². The van der Waals surface area contributed by atoms with Crippen molar-refractivity contribution in [3.63, 3.8) is 0 Å². The summed E-state index contributed by atoms with van der Waals surface area (Å²) in [4.78, 5) is 0. The van der Waals surface area contributed by atoms with Gasteiger partial charge in [0.2, 0.25) is 6.67 Å². The van der Waals surface area contributed by atoms with Crippen LogP contribution < -0.4 is 9.13 Å². The Morgan fingerprint density at radius 1 is 0.667 bits per heavy atom. The Kier molecular flexibility index (Phi) is 6.18. The van der Waals surface area contributed by atoms with Gasteiger partial charge in [0, 0.05) is 0 Å². The molecule has 0 N–H and O–H groups in total. The number of rotatable bonds is 0. The average Bonchev–Trinajstić information content (AvgIpc) is 2.85. The summed E-state index contributed by atoms with van der Waals surface area (Å²) in [6, 6.07) is 0. The molecule has 0 aromatic carbocycles. The minimum atomic E-state index is -10.7. The third-order valence-corrected chi connectivity index (χ3v) is 5.22. The Labute approximate surface area is 169 Å². The first kappa shape index (κ1) is 27.2. The van der Waals surface area contributed by atoms with Crippen molar-refractivity contribution in [1.82, 2.24) is 9.13 Å². The second-order valence-electron chi connectivity index (χ2n) is 5.79. The van der Waals surface area contributed by atoms with Gasteiger partial charge in [0.25, 0.3) is 0 Å². The Bertz CT molecular complexity index is 818. The molecule has 0 amide bonds. The Hall–Kier alpha value is -0.860. The van der Waals surface area contributed by atoms with Gasteiger partial charge in [0.1, 0.15) is 24.8 Å². The molecule has 0 saturated carbocycles. The van der Waals surface area contributed by atoms with E-state index < -0.39 is 15.6 Å². The summed E-state index contributed by atoms with van der Waals surface area (Å²) in [6.45, 7) is 0.895. The van der Waals surface area contributed by atoms with Crippen molar-refractivity contribution in [1.29, 1.82) is 0 Å². The molecule has 1 aliphatic rings. The summed E-state index contributed by atoms with van der Waals surface area (Å²) in [5, 5.41) is 3.68. The molecule has 3 heterocycles. The Morgan fingerprint density at radius 3 is 1.20 bits per heavy atom. The van der Waals surface area contributed by atoms with Crippen LogP contribution in [-0.4, -0.2) is 14.2 Å². The molecule has 3 rings (SSSR count). The number of aryl methyl sites for hydroxylation is 2. The van der Waals surface area contributed by atoms with Crippen molar-refractivity contribution < 1.29 is 59.5 Å². The SMILES string of the molecule is C[n+]1ccn2c1SCSc1n(cc[n+]1C)C2.F[P-](F)(F)(F)(F)F.F[P-](F)(F)(F)(F)F. The van der Waals surface area contributed by atoms with Gasteiger partial charge >= 0.3 is 76.3 Å². The number of imidazole rings is 2. The van der Waals surface area contributed by atoms with E-state index in [0.717, 1.165) is 11.8 Å². The number of hydrogen-bond acceptors (Lipinski definition) is 2. The first-order valence-corrected chi connectivity index (χ1v) is 13.2. The summed E-state index contributed by atoms with van der Waals surface area (Å²) in [5.41, 5.74) is 0. The van der Waals surface area contributed by atoms with E-state index in [0.29, 0.717) is 0 Å². The Morgan fingerprint density at radius 2 is 0.933 bits per heavy atom. The number of fused-ring (bicyclic) bond motifs is 2. The maximum absolute atomic E-state index is 10.7. The zero-order valence-electron chi connectivity index (χ0n) is 14.8. The standard InChI is InChI=1S/C10H14N4S2.2F6P/c1-11-3-5-13-7-14-6-4-12(2)10(14)16-8-15-9(11)13;2*1-7(2,3,4,5)6/h3-6H,7-8H2,1-2H3;;/q+2;2*-1. The van der Waals surface area contributed by atoms with Gasteiger partial charge in [-0.05, 0) is 23.5 Å². The van der Waals surface area contributed by atoms with E-state index in [2.05, 4.69) is 57.2 Å². The first-order chi connectivity index (χ1) is 12.7. The molecule has 180 valence electrons. The van der Waals surface area contributed by atoms with Crippen LogP contribution in [0.3, 0.4) is 0 Å². The first-order valence-electron chi connectivity index (χ1n) is 7.13. The zero-order chi connectivity index (χ0) is 23.9.